The first-order chi connectivity index (χ1) is 7.69. The highest BCUT2D eigenvalue weighted by atomic mass is 16.5. The Hall–Kier alpha value is -1.20. The summed E-state index contributed by atoms with van der Waals surface area (Å²) >= 11 is 0. The van der Waals surface area contributed by atoms with Gasteiger partial charge in [-0.1, -0.05) is 0 Å². The van der Waals surface area contributed by atoms with E-state index < -0.39 is 6.10 Å². The number of hydrogen-bond donors (Lipinski definition) is 1. The van der Waals surface area contributed by atoms with E-state index in [2.05, 4.69) is 9.97 Å². The smallest absolute Gasteiger partial charge is 0.238 e. The van der Waals surface area contributed by atoms with Gasteiger partial charge in [0.25, 0.3) is 0 Å². The Labute approximate surface area is 95.4 Å². The maximum atomic E-state index is 9.94. The SMILES string of the molecule is COc1nccnc1C(O)CCC(C)OC. The van der Waals surface area contributed by atoms with E-state index in [0.29, 0.717) is 18.0 Å². The van der Waals surface area contributed by atoms with E-state index >= 15 is 0 Å². The van der Waals surface area contributed by atoms with Crippen LogP contribution in [0.2, 0.25) is 0 Å². The average molecular weight is 226 g/mol. The molecular formula is C11H18N2O3. The van der Waals surface area contributed by atoms with Gasteiger partial charge in [0.1, 0.15) is 11.8 Å². The highest BCUT2D eigenvalue weighted by molar-refractivity contribution is 5.19. The molecule has 1 N–H and O–H groups in total. The predicted molar refractivity (Wildman–Crippen MR) is 59.2 cm³/mol. The zero-order valence-corrected chi connectivity index (χ0v) is 9.88. The highest BCUT2D eigenvalue weighted by Gasteiger charge is 2.16. The van der Waals surface area contributed by atoms with Gasteiger partial charge >= 0.3 is 0 Å². The molecule has 0 aliphatic carbocycles. The standard InChI is InChI=1S/C11H18N2O3/c1-8(15-2)4-5-9(14)10-11(16-3)13-7-6-12-10/h6-9,14H,4-5H2,1-3H3. The van der Waals surface area contributed by atoms with Crippen LogP contribution in [0.15, 0.2) is 12.4 Å². The topological polar surface area (TPSA) is 64.5 Å². The Morgan fingerprint density at radius 2 is 1.94 bits per heavy atom. The van der Waals surface area contributed by atoms with Crippen molar-refractivity contribution in [2.75, 3.05) is 14.2 Å². The molecule has 2 unspecified atom stereocenters. The molecule has 0 saturated carbocycles. The summed E-state index contributed by atoms with van der Waals surface area (Å²) in [6.07, 6.45) is 3.87. The molecule has 1 aromatic heterocycles. The van der Waals surface area contributed by atoms with E-state index in [-0.39, 0.29) is 6.10 Å². The van der Waals surface area contributed by atoms with Gasteiger partial charge in [-0.3, -0.25) is 4.98 Å². The van der Waals surface area contributed by atoms with E-state index in [0.717, 1.165) is 6.42 Å². The summed E-state index contributed by atoms with van der Waals surface area (Å²) in [5, 5.41) is 9.94. The van der Waals surface area contributed by atoms with Crippen LogP contribution >= 0.6 is 0 Å². The minimum atomic E-state index is -0.666. The number of methoxy groups -OCH3 is 2. The first-order valence-corrected chi connectivity index (χ1v) is 5.24. The Bertz CT molecular complexity index is 320. The van der Waals surface area contributed by atoms with Gasteiger partial charge in [0, 0.05) is 19.5 Å². The Kier molecular flexibility index (Phi) is 5.14. The first-order valence-electron chi connectivity index (χ1n) is 5.24. The van der Waals surface area contributed by atoms with Crippen molar-refractivity contribution >= 4 is 0 Å². The molecule has 0 spiro atoms. The van der Waals surface area contributed by atoms with Gasteiger partial charge in [-0.15, -0.1) is 0 Å². The van der Waals surface area contributed by atoms with Crippen molar-refractivity contribution in [2.24, 2.45) is 0 Å². The Balaban J connectivity index is 2.61. The first kappa shape index (κ1) is 12.9. The molecule has 90 valence electrons. The fourth-order valence-corrected chi connectivity index (χ4v) is 1.37. The van der Waals surface area contributed by atoms with E-state index in [1.165, 1.54) is 13.3 Å². The van der Waals surface area contributed by atoms with Crippen LogP contribution in [0.25, 0.3) is 0 Å². The molecule has 0 aliphatic rings. The van der Waals surface area contributed by atoms with Crippen LogP contribution in [0.4, 0.5) is 0 Å². The lowest BCUT2D eigenvalue weighted by Crippen LogP contribution is -2.10. The zero-order chi connectivity index (χ0) is 12.0. The molecule has 1 heterocycles. The maximum Gasteiger partial charge on any atom is 0.238 e. The number of hydrogen-bond acceptors (Lipinski definition) is 5. The molecule has 2 atom stereocenters. The van der Waals surface area contributed by atoms with Crippen LogP contribution in [0.3, 0.4) is 0 Å². The number of nitrogens with zero attached hydrogens (tertiary/aromatic N) is 2. The summed E-state index contributed by atoms with van der Waals surface area (Å²) in [6, 6.07) is 0. The molecule has 0 amide bonds. The van der Waals surface area contributed by atoms with E-state index in [1.54, 1.807) is 13.3 Å². The molecule has 0 radical (unpaired) electrons. The van der Waals surface area contributed by atoms with Crippen molar-refractivity contribution in [3.05, 3.63) is 18.1 Å². The molecule has 5 heteroatoms. The Morgan fingerprint density at radius 1 is 1.25 bits per heavy atom. The van der Waals surface area contributed by atoms with Crippen molar-refractivity contribution in [2.45, 2.75) is 32.0 Å². The van der Waals surface area contributed by atoms with Gasteiger partial charge in [0.05, 0.1) is 13.2 Å². The number of aliphatic hydroxyl groups excluding tert-OH is 1. The maximum absolute atomic E-state index is 9.94. The van der Waals surface area contributed by atoms with Gasteiger partial charge in [0.2, 0.25) is 5.88 Å². The molecule has 0 aromatic carbocycles. The summed E-state index contributed by atoms with van der Waals surface area (Å²) < 4.78 is 10.1. The number of rotatable bonds is 6. The lowest BCUT2D eigenvalue weighted by Gasteiger charge is -2.14. The van der Waals surface area contributed by atoms with Crippen LogP contribution < -0.4 is 4.74 Å². The van der Waals surface area contributed by atoms with E-state index in [4.69, 9.17) is 9.47 Å². The molecule has 0 fully saturated rings. The van der Waals surface area contributed by atoms with Crippen LogP contribution in [-0.2, 0) is 4.74 Å². The average Bonchev–Trinajstić information content (AvgIpc) is 2.35. The van der Waals surface area contributed by atoms with Gasteiger partial charge < -0.3 is 14.6 Å². The zero-order valence-electron chi connectivity index (χ0n) is 9.88. The molecule has 16 heavy (non-hydrogen) atoms. The summed E-state index contributed by atoms with van der Waals surface area (Å²) in [5.41, 5.74) is 0.480. The fraction of sp³-hybridized carbons (Fsp3) is 0.636. The largest absolute Gasteiger partial charge is 0.480 e. The molecule has 0 bridgehead atoms. The van der Waals surface area contributed by atoms with Gasteiger partial charge in [-0.2, -0.15) is 0 Å². The van der Waals surface area contributed by atoms with Gasteiger partial charge in [-0.25, -0.2) is 4.98 Å². The minimum absolute atomic E-state index is 0.123. The third-order valence-corrected chi connectivity index (χ3v) is 2.45. The van der Waals surface area contributed by atoms with E-state index in [9.17, 15) is 5.11 Å². The second-order valence-corrected chi connectivity index (χ2v) is 3.59. The van der Waals surface area contributed by atoms with Crippen LogP contribution in [0.1, 0.15) is 31.6 Å². The van der Waals surface area contributed by atoms with Crippen molar-refractivity contribution in [3.8, 4) is 5.88 Å². The summed E-state index contributed by atoms with van der Waals surface area (Å²) in [4.78, 5) is 8.06. The van der Waals surface area contributed by atoms with Crippen molar-refractivity contribution in [3.63, 3.8) is 0 Å². The molecule has 5 nitrogen and oxygen atoms in total. The lowest BCUT2D eigenvalue weighted by atomic mass is 10.1. The van der Waals surface area contributed by atoms with E-state index in [1.807, 2.05) is 6.92 Å². The molecule has 1 aromatic rings. The minimum Gasteiger partial charge on any atom is -0.480 e. The number of aliphatic hydroxyl groups is 1. The lowest BCUT2D eigenvalue weighted by molar-refractivity contribution is 0.0828. The highest BCUT2D eigenvalue weighted by Crippen LogP contribution is 2.24. The van der Waals surface area contributed by atoms with Gasteiger partial charge in [-0.05, 0) is 19.8 Å². The van der Waals surface area contributed by atoms with Crippen molar-refractivity contribution < 1.29 is 14.6 Å². The summed E-state index contributed by atoms with van der Waals surface area (Å²) in [6.45, 7) is 1.96. The van der Waals surface area contributed by atoms with Crippen molar-refractivity contribution in [1.29, 1.82) is 0 Å². The second kappa shape index (κ2) is 6.40. The fourth-order valence-electron chi connectivity index (χ4n) is 1.37. The third-order valence-electron chi connectivity index (χ3n) is 2.45. The summed E-state index contributed by atoms with van der Waals surface area (Å²) in [5.74, 6) is 0.375. The number of aromatic nitrogens is 2. The van der Waals surface area contributed by atoms with Crippen molar-refractivity contribution in [1.82, 2.24) is 9.97 Å². The second-order valence-electron chi connectivity index (χ2n) is 3.59. The summed E-state index contributed by atoms with van der Waals surface area (Å²) in [7, 11) is 3.16. The van der Waals surface area contributed by atoms with Crippen LogP contribution in [-0.4, -0.2) is 35.4 Å². The normalized spacial score (nSPS) is 14.5. The predicted octanol–water partition coefficient (Wildman–Crippen LogP) is 1.33. The molecule has 0 saturated heterocycles. The van der Waals surface area contributed by atoms with Crippen LogP contribution in [0.5, 0.6) is 5.88 Å². The quantitative estimate of drug-likeness (QED) is 0.792. The third kappa shape index (κ3) is 3.43. The number of ether oxygens (including phenoxy) is 2. The van der Waals surface area contributed by atoms with Gasteiger partial charge in [0.15, 0.2) is 0 Å². The Morgan fingerprint density at radius 3 is 2.56 bits per heavy atom. The monoisotopic (exact) mass is 226 g/mol. The molecule has 0 aliphatic heterocycles. The molecular weight excluding hydrogens is 208 g/mol. The van der Waals surface area contributed by atoms with Crippen LogP contribution in [0, 0.1) is 0 Å². The molecule has 1 rings (SSSR count).